The van der Waals surface area contributed by atoms with Crippen LogP contribution < -0.4 is 15.4 Å². The van der Waals surface area contributed by atoms with Crippen LogP contribution in [0.4, 0.5) is 11.4 Å². The molecule has 3 N–H and O–H groups in total. The lowest BCUT2D eigenvalue weighted by Crippen LogP contribution is -2.38. The Balaban J connectivity index is 2.01. The summed E-state index contributed by atoms with van der Waals surface area (Å²) in [7, 11) is -4.04. The summed E-state index contributed by atoms with van der Waals surface area (Å²) in [6, 6.07) is 18.1. The van der Waals surface area contributed by atoms with Crippen LogP contribution in [0.1, 0.15) is 27.0 Å². The van der Waals surface area contributed by atoms with Gasteiger partial charge in [0.15, 0.2) is 0 Å². The van der Waals surface area contributed by atoms with Crippen LogP contribution in [-0.4, -0.2) is 26.8 Å². The third kappa shape index (κ3) is 5.15. The number of aryl methyl sites for hydroxylation is 3. The molecule has 0 aliphatic heterocycles. The molecular weight excluding hydrogens is 426 g/mol. The molecule has 0 saturated carbocycles. The maximum absolute atomic E-state index is 13.5. The van der Waals surface area contributed by atoms with Gasteiger partial charge in [-0.2, -0.15) is 0 Å². The Morgan fingerprint density at radius 3 is 2.06 bits per heavy atom. The van der Waals surface area contributed by atoms with Crippen molar-refractivity contribution in [3.63, 3.8) is 0 Å². The van der Waals surface area contributed by atoms with E-state index < -0.39 is 28.4 Å². The quantitative estimate of drug-likeness (QED) is 0.572. The predicted octanol–water partition coefficient (Wildman–Crippen LogP) is 3.54. The predicted molar refractivity (Wildman–Crippen MR) is 125 cm³/mol. The number of carbonyl (C=O) groups excluding carboxylic acids is 2. The zero-order valence-electron chi connectivity index (χ0n) is 18.1. The first-order valence-electron chi connectivity index (χ1n) is 9.94. The highest BCUT2D eigenvalue weighted by molar-refractivity contribution is 7.92. The second-order valence-corrected chi connectivity index (χ2v) is 9.49. The number of benzene rings is 3. The van der Waals surface area contributed by atoms with Crippen molar-refractivity contribution >= 4 is 33.2 Å². The normalized spacial score (nSPS) is 11.1. The first-order valence-corrected chi connectivity index (χ1v) is 11.4. The number of sulfonamides is 1. The van der Waals surface area contributed by atoms with Gasteiger partial charge in [-0.25, -0.2) is 8.42 Å². The number of hydrogen-bond acceptors (Lipinski definition) is 4. The van der Waals surface area contributed by atoms with Crippen molar-refractivity contribution in [2.45, 2.75) is 25.7 Å². The Morgan fingerprint density at radius 2 is 1.47 bits per heavy atom. The van der Waals surface area contributed by atoms with Crippen molar-refractivity contribution in [1.29, 1.82) is 0 Å². The van der Waals surface area contributed by atoms with Gasteiger partial charge in [-0.3, -0.25) is 13.9 Å². The van der Waals surface area contributed by atoms with Gasteiger partial charge in [-0.15, -0.1) is 0 Å². The maximum atomic E-state index is 13.5. The number of hydrogen-bond donors (Lipinski definition) is 2. The Bertz CT molecular complexity index is 1250. The van der Waals surface area contributed by atoms with E-state index >= 15 is 0 Å². The summed E-state index contributed by atoms with van der Waals surface area (Å²) >= 11 is 0. The average molecular weight is 452 g/mol. The fraction of sp³-hybridized carbons (Fsp3) is 0.167. The van der Waals surface area contributed by atoms with Crippen LogP contribution in [0.2, 0.25) is 0 Å². The van der Waals surface area contributed by atoms with E-state index in [2.05, 4.69) is 5.32 Å². The maximum Gasteiger partial charge on any atom is 0.264 e. The number of primary amides is 1. The number of amides is 2. The molecule has 7 nitrogen and oxygen atoms in total. The highest BCUT2D eigenvalue weighted by Crippen LogP contribution is 2.26. The number of nitrogens with one attached hydrogen (secondary N) is 1. The van der Waals surface area contributed by atoms with Crippen LogP contribution in [-0.2, 0) is 14.8 Å². The lowest BCUT2D eigenvalue weighted by molar-refractivity contribution is -0.114. The van der Waals surface area contributed by atoms with E-state index in [1.165, 1.54) is 24.3 Å². The van der Waals surface area contributed by atoms with Crippen LogP contribution >= 0.6 is 0 Å². The van der Waals surface area contributed by atoms with E-state index in [9.17, 15) is 18.0 Å². The molecule has 0 saturated heterocycles. The molecule has 0 atom stereocenters. The zero-order chi connectivity index (χ0) is 23.5. The molecule has 8 heteroatoms. The summed E-state index contributed by atoms with van der Waals surface area (Å²) in [5, 5.41) is 2.61. The molecule has 0 aromatic heterocycles. The highest BCUT2D eigenvalue weighted by atomic mass is 32.2. The van der Waals surface area contributed by atoms with Crippen LogP contribution in [0.3, 0.4) is 0 Å². The fourth-order valence-electron chi connectivity index (χ4n) is 3.37. The van der Waals surface area contributed by atoms with Gasteiger partial charge in [0.2, 0.25) is 5.91 Å². The number of carbonyl (C=O) groups is 2. The molecule has 3 rings (SSSR count). The van der Waals surface area contributed by atoms with Gasteiger partial charge in [-0.1, -0.05) is 35.9 Å². The van der Waals surface area contributed by atoms with E-state index in [0.29, 0.717) is 5.69 Å². The standard InChI is InChI=1S/C24H25N3O4S/c1-16-8-10-20(11-9-16)32(30,31)27(19-13-17(2)12-18(3)14-19)15-23(28)26-22-7-5-4-6-21(22)24(25)29/h4-14H,15H2,1-3H3,(H2,25,29)(H,26,28). The summed E-state index contributed by atoms with van der Waals surface area (Å²) in [4.78, 5) is 24.6. The molecule has 0 radical (unpaired) electrons. The van der Waals surface area contributed by atoms with E-state index in [1.807, 2.05) is 26.8 Å². The molecule has 3 aromatic rings. The Morgan fingerprint density at radius 1 is 0.875 bits per heavy atom. The highest BCUT2D eigenvalue weighted by Gasteiger charge is 2.28. The van der Waals surface area contributed by atoms with E-state index in [4.69, 9.17) is 5.73 Å². The van der Waals surface area contributed by atoms with Gasteiger partial charge in [0.25, 0.3) is 15.9 Å². The average Bonchev–Trinajstić information content (AvgIpc) is 2.71. The van der Waals surface area contributed by atoms with Crippen molar-refractivity contribution in [1.82, 2.24) is 0 Å². The number of para-hydroxylation sites is 1. The molecule has 0 bridgehead atoms. The zero-order valence-corrected chi connectivity index (χ0v) is 18.9. The van der Waals surface area contributed by atoms with Crippen LogP contribution in [0.25, 0.3) is 0 Å². The summed E-state index contributed by atoms with van der Waals surface area (Å²) in [6.07, 6.45) is 0. The number of nitrogens with zero attached hydrogens (tertiary/aromatic N) is 1. The largest absolute Gasteiger partial charge is 0.366 e. The molecule has 0 unspecified atom stereocenters. The van der Waals surface area contributed by atoms with Gasteiger partial charge >= 0.3 is 0 Å². The second kappa shape index (κ2) is 9.23. The Labute approximate surface area is 187 Å². The van der Waals surface area contributed by atoms with E-state index in [1.54, 1.807) is 36.4 Å². The Hall–Kier alpha value is -3.65. The van der Waals surface area contributed by atoms with Crippen molar-refractivity contribution in [2.24, 2.45) is 5.73 Å². The third-order valence-corrected chi connectivity index (χ3v) is 6.65. The summed E-state index contributed by atoms with van der Waals surface area (Å²) in [5.74, 6) is -1.30. The van der Waals surface area contributed by atoms with Gasteiger partial charge in [-0.05, 0) is 68.3 Å². The SMILES string of the molecule is Cc1ccc(S(=O)(=O)N(CC(=O)Nc2ccccc2C(N)=O)c2cc(C)cc(C)c2)cc1. The number of anilines is 2. The van der Waals surface area contributed by atoms with Crippen LogP contribution in [0, 0.1) is 20.8 Å². The second-order valence-electron chi connectivity index (χ2n) is 7.63. The topological polar surface area (TPSA) is 110 Å². The molecule has 166 valence electrons. The monoisotopic (exact) mass is 451 g/mol. The summed E-state index contributed by atoms with van der Waals surface area (Å²) in [5.41, 5.74) is 8.76. The number of nitrogens with two attached hydrogens (primary N) is 1. The molecule has 0 aliphatic rings. The smallest absolute Gasteiger partial charge is 0.264 e. The molecule has 0 aliphatic carbocycles. The van der Waals surface area contributed by atoms with Crippen molar-refractivity contribution < 1.29 is 18.0 Å². The minimum absolute atomic E-state index is 0.0765. The van der Waals surface area contributed by atoms with Crippen molar-refractivity contribution in [2.75, 3.05) is 16.2 Å². The first-order chi connectivity index (χ1) is 15.1. The summed E-state index contributed by atoms with van der Waals surface area (Å²) < 4.78 is 28.1. The summed E-state index contributed by atoms with van der Waals surface area (Å²) in [6.45, 7) is 5.10. The molecule has 0 spiro atoms. The number of rotatable bonds is 7. The minimum atomic E-state index is -4.04. The van der Waals surface area contributed by atoms with Gasteiger partial charge in [0, 0.05) is 0 Å². The Kier molecular flexibility index (Phi) is 6.64. The third-order valence-electron chi connectivity index (χ3n) is 4.86. The van der Waals surface area contributed by atoms with Crippen molar-refractivity contribution in [3.8, 4) is 0 Å². The lowest BCUT2D eigenvalue weighted by Gasteiger charge is -2.25. The first kappa shape index (κ1) is 23.0. The molecule has 0 fully saturated rings. The fourth-order valence-corrected chi connectivity index (χ4v) is 4.78. The van der Waals surface area contributed by atoms with Crippen LogP contribution in [0.5, 0.6) is 0 Å². The molecule has 3 aromatic carbocycles. The molecular formula is C24H25N3O4S. The van der Waals surface area contributed by atoms with Gasteiger partial charge < -0.3 is 11.1 Å². The minimum Gasteiger partial charge on any atom is -0.366 e. The van der Waals surface area contributed by atoms with Gasteiger partial charge in [0.1, 0.15) is 6.54 Å². The molecule has 32 heavy (non-hydrogen) atoms. The van der Waals surface area contributed by atoms with E-state index in [-0.39, 0.29) is 16.1 Å². The van der Waals surface area contributed by atoms with E-state index in [0.717, 1.165) is 21.0 Å². The van der Waals surface area contributed by atoms with Gasteiger partial charge in [0.05, 0.1) is 21.8 Å². The molecule has 2 amide bonds. The molecule has 0 heterocycles. The van der Waals surface area contributed by atoms with Crippen molar-refractivity contribution in [3.05, 3.63) is 89.0 Å². The lowest BCUT2D eigenvalue weighted by atomic mass is 10.1. The van der Waals surface area contributed by atoms with Crippen LogP contribution in [0.15, 0.2) is 71.6 Å².